The van der Waals surface area contributed by atoms with Crippen LogP contribution in [0.5, 0.6) is 5.75 Å². The minimum absolute atomic E-state index is 0.499. The molecule has 17 heavy (non-hydrogen) atoms. The van der Waals surface area contributed by atoms with Crippen molar-refractivity contribution in [1.29, 1.82) is 0 Å². The first-order valence-corrected chi connectivity index (χ1v) is 5.54. The molecule has 0 spiro atoms. The summed E-state index contributed by atoms with van der Waals surface area (Å²) in [6.45, 7) is 2.54. The Morgan fingerprint density at radius 3 is 2.76 bits per heavy atom. The molecule has 0 saturated heterocycles. The van der Waals surface area contributed by atoms with E-state index < -0.39 is 0 Å². The fraction of sp³-hybridized carbons (Fsp3) is 0.308. The van der Waals surface area contributed by atoms with Crippen LogP contribution >= 0.6 is 0 Å². The van der Waals surface area contributed by atoms with E-state index in [0.29, 0.717) is 6.54 Å². The number of hydrogen-bond acceptors (Lipinski definition) is 3. The molecule has 0 bridgehead atoms. The van der Waals surface area contributed by atoms with Gasteiger partial charge >= 0.3 is 0 Å². The van der Waals surface area contributed by atoms with Crippen molar-refractivity contribution in [3.63, 3.8) is 0 Å². The number of benzene rings is 1. The highest BCUT2D eigenvalue weighted by Gasteiger charge is 2.12. The Bertz CT molecular complexity index is 531. The van der Waals surface area contributed by atoms with Crippen LogP contribution in [0.25, 0.3) is 11.3 Å². The highest BCUT2D eigenvalue weighted by atomic mass is 16.5. The summed E-state index contributed by atoms with van der Waals surface area (Å²) in [7, 11) is 3.58. The SMILES string of the molecule is COc1cccc(-c2nn(C)c(CN)c2C)c1. The van der Waals surface area contributed by atoms with E-state index in [4.69, 9.17) is 10.5 Å². The molecule has 0 fully saturated rings. The van der Waals surface area contributed by atoms with Crippen LogP contribution in [-0.2, 0) is 13.6 Å². The van der Waals surface area contributed by atoms with E-state index in [9.17, 15) is 0 Å². The third kappa shape index (κ3) is 2.03. The lowest BCUT2D eigenvalue weighted by molar-refractivity contribution is 0.415. The summed E-state index contributed by atoms with van der Waals surface area (Å²) >= 11 is 0. The third-order valence-corrected chi connectivity index (χ3v) is 2.97. The molecular weight excluding hydrogens is 214 g/mol. The average molecular weight is 231 g/mol. The van der Waals surface area contributed by atoms with Crippen LogP contribution in [0.3, 0.4) is 0 Å². The van der Waals surface area contributed by atoms with Crippen LogP contribution in [0.4, 0.5) is 0 Å². The van der Waals surface area contributed by atoms with Crippen molar-refractivity contribution >= 4 is 0 Å². The zero-order chi connectivity index (χ0) is 12.4. The van der Waals surface area contributed by atoms with Gasteiger partial charge in [0.05, 0.1) is 18.5 Å². The average Bonchev–Trinajstić information content (AvgIpc) is 2.64. The molecule has 2 aromatic rings. The van der Waals surface area contributed by atoms with E-state index in [1.54, 1.807) is 7.11 Å². The first-order valence-electron chi connectivity index (χ1n) is 5.54. The molecule has 1 aromatic carbocycles. The van der Waals surface area contributed by atoms with E-state index in [1.165, 1.54) is 0 Å². The fourth-order valence-corrected chi connectivity index (χ4v) is 1.99. The molecule has 0 aliphatic carbocycles. The van der Waals surface area contributed by atoms with Crippen LogP contribution in [0.1, 0.15) is 11.3 Å². The monoisotopic (exact) mass is 231 g/mol. The summed E-state index contributed by atoms with van der Waals surface area (Å²) < 4.78 is 7.06. The van der Waals surface area contributed by atoms with Gasteiger partial charge in [0.25, 0.3) is 0 Å². The van der Waals surface area contributed by atoms with Gasteiger partial charge in [-0.15, -0.1) is 0 Å². The van der Waals surface area contributed by atoms with Crippen LogP contribution < -0.4 is 10.5 Å². The summed E-state index contributed by atoms with van der Waals surface area (Å²) in [5.41, 5.74) is 9.92. The third-order valence-electron chi connectivity index (χ3n) is 2.97. The first-order chi connectivity index (χ1) is 8.17. The molecule has 90 valence electrons. The molecule has 0 aliphatic rings. The number of ether oxygens (including phenoxy) is 1. The van der Waals surface area contributed by atoms with E-state index in [-0.39, 0.29) is 0 Å². The lowest BCUT2D eigenvalue weighted by Gasteiger charge is -2.03. The normalized spacial score (nSPS) is 10.6. The predicted octanol–water partition coefficient (Wildman–Crippen LogP) is 1.86. The van der Waals surface area contributed by atoms with Gasteiger partial charge in [0.1, 0.15) is 5.75 Å². The Labute approximate surface area is 101 Å². The Morgan fingerprint density at radius 1 is 1.41 bits per heavy atom. The fourth-order valence-electron chi connectivity index (χ4n) is 1.99. The molecule has 0 aliphatic heterocycles. The van der Waals surface area contributed by atoms with Crippen molar-refractivity contribution in [3.8, 4) is 17.0 Å². The highest BCUT2D eigenvalue weighted by Crippen LogP contribution is 2.27. The molecule has 0 atom stereocenters. The molecular formula is C13H17N3O. The van der Waals surface area contributed by atoms with Crippen molar-refractivity contribution in [3.05, 3.63) is 35.5 Å². The molecule has 1 aromatic heterocycles. The number of aryl methyl sites for hydroxylation is 1. The van der Waals surface area contributed by atoms with Crippen molar-refractivity contribution in [2.24, 2.45) is 12.8 Å². The molecule has 0 radical (unpaired) electrons. The Hall–Kier alpha value is -1.81. The van der Waals surface area contributed by atoms with Crippen molar-refractivity contribution < 1.29 is 4.74 Å². The molecule has 4 nitrogen and oxygen atoms in total. The van der Waals surface area contributed by atoms with Crippen molar-refractivity contribution in [2.45, 2.75) is 13.5 Å². The number of nitrogens with zero attached hydrogens (tertiary/aromatic N) is 2. The van der Waals surface area contributed by atoms with Gasteiger partial charge in [-0.25, -0.2) is 0 Å². The van der Waals surface area contributed by atoms with E-state index in [1.807, 2.05) is 42.9 Å². The zero-order valence-electron chi connectivity index (χ0n) is 10.4. The molecule has 2 rings (SSSR count). The Kier molecular flexibility index (Phi) is 3.15. The maximum atomic E-state index is 5.71. The van der Waals surface area contributed by atoms with Crippen molar-refractivity contribution in [1.82, 2.24) is 9.78 Å². The van der Waals surface area contributed by atoms with Crippen LogP contribution in [-0.4, -0.2) is 16.9 Å². The van der Waals surface area contributed by atoms with Crippen LogP contribution in [0.2, 0.25) is 0 Å². The Balaban J connectivity index is 2.52. The second-order valence-electron chi connectivity index (χ2n) is 3.98. The molecule has 2 N–H and O–H groups in total. The van der Waals surface area contributed by atoms with Gasteiger partial charge in [-0.2, -0.15) is 5.10 Å². The van der Waals surface area contributed by atoms with Gasteiger partial charge in [-0.05, 0) is 24.6 Å². The number of nitrogens with two attached hydrogens (primary N) is 1. The molecule has 0 unspecified atom stereocenters. The topological polar surface area (TPSA) is 53.1 Å². The lowest BCUT2D eigenvalue weighted by atomic mass is 10.1. The quantitative estimate of drug-likeness (QED) is 0.877. The maximum absolute atomic E-state index is 5.71. The smallest absolute Gasteiger partial charge is 0.119 e. The van der Waals surface area contributed by atoms with Crippen LogP contribution in [0.15, 0.2) is 24.3 Å². The standard InChI is InChI=1S/C13H17N3O/c1-9-12(8-14)16(2)15-13(9)10-5-4-6-11(7-10)17-3/h4-7H,8,14H2,1-3H3. The van der Waals surface area contributed by atoms with Crippen LogP contribution in [0, 0.1) is 6.92 Å². The number of aromatic nitrogens is 2. The van der Waals surface area contributed by atoms with Crippen molar-refractivity contribution in [2.75, 3.05) is 7.11 Å². The molecule has 0 saturated carbocycles. The van der Waals surface area contributed by atoms with Gasteiger partial charge in [-0.3, -0.25) is 4.68 Å². The largest absolute Gasteiger partial charge is 0.497 e. The summed E-state index contributed by atoms with van der Waals surface area (Å²) in [6.07, 6.45) is 0. The van der Waals surface area contributed by atoms with Gasteiger partial charge in [0.15, 0.2) is 0 Å². The summed E-state index contributed by atoms with van der Waals surface area (Å²) in [6, 6.07) is 7.89. The number of rotatable bonds is 3. The second-order valence-corrected chi connectivity index (χ2v) is 3.98. The maximum Gasteiger partial charge on any atom is 0.119 e. The van der Waals surface area contributed by atoms with E-state index in [0.717, 1.165) is 28.3 Å². The summed E-state index contributed by atoms with van der Waals surface area (Å²) in [5.74, 6) is 0.835. The molecule has 1 heterocycles. The van der Waals surface area contributed by atoms with Gasteiger partial charge in [0, 0.05) is 19.2 Å². The minimum Gasteiger partial charge on any atom is -0.497 e. The van der Waals surface area contributed by atoms with E-state index >= 15 is 0 Å². The van der Waals surface area contributed by atoms with Gasteiger partial charge < -0.3 is 10.5 Å². The Morgan fingerprint density at radius 2 is 2.18 bits per heavy atom. The predicted molar refractivity (Wildman–Crippen MR) is 67.8 cm³/mol. The summed E-state index contributed by atoms with van der Waals surface area (Å²) in [5, 5.41) is 4.51. The molecule has 4 heteroatoms. The highest BCUT2D eigenvalue weighted by molar-refractivity contribution is 5.65. The number of methoxy groups -OCH3 is 1. The van der Waals surface area contributed by atoms with Gasteiger partial charge in [0.2, 0.25) is 0 Å². The first kappa shape index (κ1) is 11.7. The zero-order valence-corrected chi connectivity index (χ0v) is 10.4. The van der Waals surface area contributed by atoms with E-state index in [2.05, 4.69) is 5.10 Å². The molecule has 0 amide bonds. The second kappa shape index (κ2) is 4.59. The minimum atomic E-state index is 0.499. The lowest BCUT2D eigenvalue weighted by Crippen LogP contribution is -2.05. The van der Waals surface area contributed by atoms with Gasteiger partial charge in [-0.1, -0.05) is 12.1 Å². The summed E-state index contributed by atoms with van der Waals surface area (Å²) in [4.78, 5) is 0. The number of hydrogen-bond donors (Lipinski definition) is 1.